The highest BCUT2D eigenvalue weighted by atomic mass is 16.5. The first-order valence-electron chi connectivity index (χ1n) is 8.76. The standard InChI is InChI=1S/C19H25NO3/c1-12-5-3-4-6-15(12)18-10-20(13(2)11-22-18)19(21)16-9-14-7-8-17(16)23-14/h3-6,13-14,16-18H,7-11H2,1-2H3/t13-,14-,16-,17-,18+/m1/s1. The van der Waals surface area contributed by atoms with Crippen LogP contribution in [0.5, 0.6) is 0 Å². The van der Waals surface area contributed by atoms with Gasteiger partial charge in [-0.25, -0.2) is 0 Å². The van der Waals surface area contributed by atoms with Crippen LogP contribution in [0.3, 0.4) is 0 Å². The highest BCUT2D eigenvalue weighted by Crippen LogP contribution is 2.40. The van der Waals surface area contributed by atoms with Gasteiger partial charge in [-0.15, -0.1) is 0 Å². The average Bonchev–Trinajstić information content (AvgIpc) is 3.18. The molecule has 4 heteroatoms. The van der Waals surface area contributed by atoms with Crippen LogP contribution in [0.1, 0.15) is 43.4 Å². The van der Waals surface area contributed by atoms with Gasteiger partial charge in [-0.2, -0.15) is 0 Å². The number of aryl methyl sites for hydroxylation is 1. The molecule has 0 spiro atoms. The molecule has 3 aliphatic rings. The third-order valence-corrected chi connectivity index (χ3v) is 5.67. The number of fused-ring (bicyclic) bond motifs is 2. The van der Waals surface area contributed by atoms with Crippen molar-refractivity contribution in [2.75, 3.05) is 13.2 Å². The van der Waals surface area contributed by atoms with Gasteiger partial charge in [0, 0.05) is 0 Å². The van der Waals surface area contributed by atoms with E-state index in [0.717, 1.165) is 19.3 Å². The van der Waals surface area contributed by atoms with Crippen molar-refractivity contribution in [1.29, 1.82) is 0 Å². The number of carbonyl (C=O) groups excluding carboxylic acids is 1. The van der Waals surface area contributed by atoms with Crippen molar-refractivity contribution in [1.82, 2.24) is 4.90 Å². The van der Waals surface area contributed by atoms with Crippen LogP contribution in [0.2, 0.25) is 0 Å². The van der Waals surface area contributed by atoms with E-state index in [1.165, 1.54) is 11.1 Å². The lowest BCUT2D eigenvalue weighted by molar-refractivity contribution is -0.150. The second-order valence-corrected chi connectivity index (χ2v) is 7.23. The molecule has 0 unspecified atom stereocenters. The molecule has 23 heavy (non-hydrogen) atoms. The fourth-order valence-corrected chi connectivity index (χ4v) is 4.31. The summed E-state index contributed by atoms with van der Waals surface area (Å²) in [4.78, 5) is 15.1. The lowest BCUT2D eigenvalue weighted by Crippen LogP contribution is -2.51. The maximum absolute atomic E-state index is 13.1. The first-order valence-corrected chi connectivity index (χ1v) is 8.76. The zero-order valence-electron chi connectivity index (χ0n) is 13.9. The van der Waals surface area contributed by atoms with Crippen molar-refractivity contribution >= 4 is 5.91 Å². The van der Waals surface area contributed by atoms with Crippen molar-refractivity contribution < 1.29 is 14.3 Å². The smallest absolute Gasteiger partial charge is 0.228 e. The topological polar surface area (TPSA) is 38.8 Å². The summed E-state index contributed by atoms with van der Waals surface area (Å²) >= 11 is 0. The SMILES string of the molecule is Cc1ccccc1[C@@H]1CN(C(=O)[C@@H]2C[C@H]3CC[C@H]2O3)[C@H](C)CO1. The molecule has 3 heterocycles. The predicted molar refractivity (Wildman–Crippen MR) is 87.0 cm³/mol. The van der Waals surface area contributed by atoms with Gasteiger partial charge in [0.2, 0.25) is 5.91 Å². The summed E-state index contributed by atoms with van der Waals surface area (Å²) in [7, 11) is 0. The molecule has 3 aliphatic heterocycles. The molecular formula is C19H25NO3. The number of rotatable bonds is 2. The average molecular weight is 315 g/mol. The van der Waals surface area contributed by atoms with E-state index in [0.29, 0.717) is 19.3 Å². The largest absolute Gasteiger partial charge is 0.374 e. The van der Waals surface area contributed by atoms with Crippen molar-refractivity contribution in [3.8, 4) is 0 Å². The Morgan fingerprint density at radius 3 is 2.78 bits per heavy atom. The molecule has 0 radical (unpaired) electrons. The monoisotopic (exact) mass is 315 g/mol. The number of ether oxygens (including phenoxy) is 2. The minimum absolute atomic E-state index is 0.0177. The molecule has 4 rings (SSSR count). The number of amides is 1. The zero-order chi connectivity index (χ0) is 16.0. The predicted octanol–water partition coefficient (Wildman–Crippen LogP) is 2.85. The highest BCUT2D eigenvalue weighted by molar-refractivity contribution is 5.80. The van der Waals surface area contributed by atoms with Gasteiger partial charge in [0.05, 0.1) is 37.3 Å². The van der Waals surface area contributed by atoms with Crippen LogP contribution in [0, 0.1) is 12.8 Å². The van der Waals surface area contributed by atoms with Gasteiger partial charge < -0.3 is 14.4 Å². The normalized spacial score (nSPS) is 36.4. The van der Waals surface area contributed by atoms with E-state index in [1.54, 1.807) is 0 Å². The Morgan fingerprint density at radius 2 is 2.09 bits per heavy atom. The third-order valence-electron chi connectivity index (χ3n) is 5.67. The van der Waals surface area contributed by atoms with Gasteiger partial charge in [-0.1, -0.05) is 24.3 Å². The van der Waals surface area contributed by atoms with Crippen LogP contribution in [0.4, 0.5) is 0 Å². The quantitative estimate of drug-likeness (QED) is 0.842. The second kappa shape index (κ2) is 5.91. The summed E-state index contributed by atoms with van der Waals surface area (Å²) < 4.78 is 11.9. The third kappa shape index (κ3) is 2.68. The highest BCUT2D eigenvalue weighted by Gasteiger charge is 2.47. The minimum atomic E-state index is -0.0177. The maximum atomic E-state index is 13.1. The number of carbonyl (C=O) groups is 1. The summed E-state index contributed by atoms with van der Waals surface area (Å²) in [6, 6.07) is 8.44. The molecule has 2 bridgehead atoms. The number of hydrogen-bond donors (Lipinski definition) is 0. The molecule has 3 fully saturated rings. The molecular weight excluding hydrogens is 290 g/mol. The van der Waals surface area contributed by atoms with E-state index in [1.807, 2.05) is 17.0 Å². The Balaban J connectivity index is 1.51. The molecule has 124 valence electrons. The van der Waals surface area contributed by atoms with Crippen LogP contribution < -0.4 is 0 Å². The Morgan fingerprint density at radius 1 is 1.26 bits per heavy atom. The van der Waals surface area contributed by atoms with Gasteiger partial charge in [-0.3, -0.25) is 4.79 Å². The maximum Gasteiger partial charge on any atom is 0.228 e. The van der Waals surface area contributed by atoms with E-state index < -0.39 is 0 Å². The summed E-state index contributed by atoms with van der Waals surface area (Å²) in [6.45, 7) is 5.44. The molecule has 4 nitrogen and oxygen atoms in total. The lowest BCUT2D eigenvalue weighted by Gasteiger charge is -2.40. The van der Waals surface area contributed by atoms with Gasteiger partial charge in [0.25, 0.3) is 0 Å². The molecule has 1 aromatic rings. The van der Waals surface area contributed by atoms with Crippen LogP contribution in [0.25, 0.3) is 0 Å². The second-order valence-electron chi connectivity index (χ2n) is 7.23. The van der Waals surface area contributed by atoms with Crippen molar-refractivity contribution in [2.45, 2.75) is 57.5 Å². The molecule has 1 amide bonds. The van der Waals surface area contributed by atoms with Gasteiger partial charge in [-0.05, 0) is 44.2 Å². The molecule has 0 aliphatic carbocycles. The number of morpholine rings is 1. The zero-order valence-corrected chi connectivity index (χ0v) is 13.9. The first-order chi connectivity index (χ1) is 11.1. The molecule has 1 aromatic carbocycles. The van der Waals surface area contributed by atoms with Crippen molar-refractivity contribution in [3.63, 3.8) is 0 Å². The van der Waals surface area contributed by atoms with Crippen LogP contribution in [0.15, 0.2) is 24.3 Å². The summed E-state index contributed by atoms with van der Waals surface area (Å²) in [5.41, 5.74) is 2.42. The van der Waals surface area contributed by atoms with Crippen LogP contribution in [-0.4, -0.2) is 42.2 Å². The Bertz CT molecular complexity index is 602. The first kappa shape index (κ1) is 15.2. The Hall–Kier alpha value is -1.39. The summed E-state index contributed by atoms with van der Waals surface area (Å²) in [6.07, 6.45) is 3.52. The number of nitrogens with zero attached hydrogens (tertiary/aromatic N) is 1. The minimum Gasteiger partial charge on any atom is -0.374 e. The van der Waals surface area contributed by atoms with Crippen LogP contribution in [-0.2, 0) is 14.3 Å². The van der Waals surface area contributed by atoms with Gasteiger partial charge in [0.15, 0.2) is 0 Å². The van der Waals surface area contributed by atoms with Gasteiger partial charge in [0.1, 0.15) is 6.10 Å². The summed E-state index contributed by atoms with van der Waals surface area (Å²) in [5, 5.41) is 0. The van der Waals surface area contributed by atoms with Crippen molar-refractivity contribution in [3.05, 3.63) is 35.4 Å². The van der Waals surface area contributed by atoms with Crippen LogP contribution >= 0.6 is 0 Å². The van der Waals surface area contributed by atoms with Crippen molar-refractivity contribution in [2.24, 2.45) is 5.92 Å². The lowest BCUT2D eigenvalue weighted by atomic mass is 9.87. The summed E-state index contributed by atoms with van der Waals surface area (Å²) in [5.74, 6) is 0.332. The number of benzene rings is 1. The molecule has 3 saturated heterocycles. The molecule has 5 atom stereocenters. The van der Waals surface area contributed by atoms with Gasteiger partial charge >= 0.3 is 0 Å². The Kier molecular flexibility index (Phi) is 3.90. The fraction of sp³-hybridized carbons (Fsp3) is 0.632. The van der Waals surface area contributed by atoms with E-state index >= 15 is 0 Å². The Labute approximate surface area is 137 Å². The van der Waals surface area contributed by atoms with E-state index in [-0.39, 0.29) is 30.1 Å². The molecule has 0 saturated carbocycles. The fourth-order valence-electron chi connectivity index (χ4n) is 4.31. The molecule has 0 N–H and O–H groups in total. The van der Waals surface area contributed by atoms with E-state index in [9.17, 15) is 4.79 Å². The number of hydrogen-bond acceptors (Lipinski definition) is 3. The van der Waals surface area contributed by atoms with E-state index in [2.05, 4.69) is 26.0 Å². The van der Waals surface area contributed by atoms with E-state index in [4.69, 9.17) is 9.47 Å². The molecule has 0 aromatic heterocycles.